The number of nitrogens with zero attached hydrogens (tertiary/aromatic N) is 1. The van der Waals surface area contributed by atoms with Crippen LogP contribution in [0.3, 0.4) is 0 Å². The van der Waals surface area contributed by atoms with Crippen molar-refractivity contribution in [2.24, 2.45) is 5.92 Å². The molecule has 98 valence electrons. The van der Waals surface area contributed by atoms with Crippen molar-refractivity contribution in [3.63, 3.8) is 0 Å². The summed E-state index contributed by atoms with van der Waals surface area (Å²) in [5, 5.41) is 4.69. The Balaban J connectivity index is 2.06. The second-order valence-corrected chi connectivity index (χ2v) is 5.86. The number of rotatable bonds is 4. The molecule has 2 heterocycles. The zero-order valence-electron chi connectivity index (χ0n) is 10.7. The van der Waals surface area contributed by atoms with E-state index in [1.54, 1.807) is 16.2 Å². The Hall–Kier alpha value is -1.36. The maximum Gasteiger partial charge on any atom is 0.243 e. The van der Waals surface area contributed by atoms with Gasteiger partial charge in [0.2, 0.25) is 11.8 Å². The van der Waals surface area contributed by atoms with Gasteiger partial charge in [-0.15, -0.1) is 11.3 Å². The quantitative estimate of drug-likeness (QED) is 0.892. The second kappa shape index (κ2) is 5.52. The van der Waals surface area contributed by atoms with E-state index in [1.807, 2.05) is 25.3 Å². The fraction of sp³-hybridized carbons (Fsp3) is 0.538. The molecule has 18 heavy (non-hydrogen) atoms. The number of hydrogen-bond donors (Lipinski definition) is 1. The molecule has 0 radical (unpaired) electrons. The Kier molecular flexibility index (Phi) is 4.01. The Labute approximate surface area is 111 Å². The summed E-state index contributed by atoms with van der Waals surface area (Å²) in [5.41, 5.74) is 0. The summed E-state index contributed by atoms with van der Waals surface area (Å²) in [6.45, 7) is 4.70. The Morgan fingerprint density at radius 2 is 2.28 bits per heavy atom. The van der Waals surface area contributed by atoms with Gasteiger partial charge in [-0.05, 0) is 23.8 Å². The third-order valence-corrected chi connectivity index (χ3v) is 4.09. The van der Waals surface area contributed by atoms with Crippen LogP contribution in [0.25, 0.3) is 0 Å². The summed E-state index contributed by atoms with van der Waals surface area (Å²) in [5.74, 6) is 0.123. The van der Waals surface area contributed by atoms with Crippen molar-refractivity contribution >= 4 is 23.2 Å². The average Bonchev–Trinajstić information content (AvgIpc) is 2.82. The molecule has 5 heteroatoms. The van der Waals surface area contributed by atoms with Gasteiger partial charge in [0.05, 0.1) is 6.54 Å². The molecule has 0 aromatic carbocycles. The monoisotopic (exact) mass is 266 g/mol. The van der Waals surface area contributed by atoms with Crippen LogP contribution >= 0.6 is 11.3 Å². The molecule has 1 N–H and O–H groups in total. The van der Waals surface area contributed by atoms with E-state index in [0.29, 0.717) is 6.54 Å². The van der Waals surface area contributed by atoms with Crippen molar-refractivity contribution in [3.8, 4) is 0 Å². The van der Waals surface area contributed by atoms with Crippen molar-refractivity contribution in [1.29, 1.82) is 0 Å². The Bertz CT molecular complexity index is 428. The zero-order chi connectivity index (χ0) is 13.1. The molecule has 1 atom stereocenters. The highest BCUT2D eigenvalue weighted by atomic mass is 32.1. The number of amides is 2. The molecule has 1 aliphatic rings. The lowest BCUT2D eigenvalue weighted by Crippen LogP contribution is -2.60. The van der Waals surface area contributed by atoms with Gasteiger partial charge >= 0.3 is 0 Å². The third kappa shape index (κ3) is 2.72. The molecular weight excluding hydrogens is 248 g/mol. The number of carbonyl (C=O) groups is 2. The fourth-order valence-electron chi connectivity index (χ4n) is 2.28. The number of carbonyl (C=O) groups excluding carboxylic acids is 2. The first-order valence-electron chi connectivity index (χ1n) is 6.19. The second-order valence-electron chi connectivity index (χ2n) is 4.82. The van der Waals surface area contributed by atoms with Crippen LogP contribution in [0.4, 0.5) is 0 Å². The lowest BCUT2D eigenvalue weighted by Gasteiger charge is -2.37. The Morgan fingerprint density at radius 1 is 1.50 bits per heavy atom. The molecule has 2 rings (SSSR count). The first kappa shape index (κ1) is 13.1. The van der Waals surface area contributed by atoms with Crippen molar-refractivity contribution in [1.82, 2.24) is 10.2 Å². The first-order valence-corrected chi connectivity index (χ1v) is 7.07. The fourth-order valence-corrected chi connectivity index (χ4v) is 2.98. The summed E-state index contributed by atoms with van der Waals surface area (Å²) in [6, 6.07) is 3.74. The third-order valence-electron chi connectivity index (χ3n) is 3.15. The van der Waals surface area contributed by atoms with E-state index in [0.717, 1.165) is 6.42 Å². The zero-order valence-corrected chi connectivity index (χ0v) is 11.5. The molecule has 2 amide bonds. The predicted octanol–water partition coefficient (Wildman–Crippen LogP) is 1.27. The summed E-state index contributed by atoms with van der Waals surface area (Å²) >= 11 is 1.68. The van der Waals surface area contributed by atoms with Crippen LogP contribution in [-0.2, 0) is 16.0 Å². The lowest BCUT2D eigenvalue weighted by molar-refractivity contribution is -0.147. The van der Waals surface area contributed by atoms with Gasteiger partial charge in [0.1, 0.15) is 6.04 Å². The molecule has 0 spiro atoms. The van der Waals surface area contributed by atoms with Crippen molar-refractivity contribution in [2.45, 2.75) is 26.3 Å². The number of nitrogens with one attached hydrogen (secondary N) is 1. The molecule has 0 bridgehead atoms. The first-order chi connectivity index (χ1) is 8.59. The number of piperazine rings is 1. The van der Waals surface area contributed by atoms with Crippen molar-refractivity contribution in [3.05, 3.63) is 22.4 Å². The van der Waals surface area contributed by atoms with Gasteiger partial charge in [-0.25, -0.2) is 0 Å². The largest absolute Gasteiger partial charge is 0.345 e. The van der Waals surface area contributed by atoms with Gasteiger partial charge < -0.3 is 10.2 Å². The molecular formula is C13H18N2O2S. The van der Waals surface area contributed by atoms with Gasteiger partial charge in [-0.3, -0.25) is 9.59 Å². The maximum atomic E-state index is 11.9. The summed E-state index contributed by atoms with van der Waals surface area (Å²) in [4.78, 5) is 26.8. The SMILES string of the molecule is CC(C)C1C(=O)NCC(=O)N1CCc1cccs1. The van der Waals surface area contributed by atoms with Crippen molar-refractivity contribution in [2.75, 3.05) is 13.1 Å². The average molecular weight is 266 g/mol. The minimum absolute atomic E-state index is 0.0184. The number of hydrogen-bond acceptors (Lipinski definition) is 3. The Morgan fingerprint density at radius 3 is 2.89 bits per heavy atom. The van der Waals surface area contributed by atoms with Crippen LogP contribution in [0, 0.1) is 5.92 Å². The van der Waals surface area contributed by atoms with E-state index in [2.05, 4.69) is 11.4 Å². The standard InChI is InChI=1S/C13H18N2O2S/c1-9(2)12-13(17)14-8-11(16)15(12)6-5-10-4-3-7-18-10/h3-4,7,9,12H,5-6,8H2,1-2H3,(H,14,17). The number of thiophene rings is 1. The molecule has 0 aliphatic carbocycles. The van der Waals surface area contributed by atoms with E-state index < -0.39 is 0 Å². The molecule has 1 unspecified atom stereocenters. The van der Waals surface area contributed by atoms with E-state index in [9.17, 15) is 9.59 Å². The van der Waals surface area contributed by atoms with Gasteiger partial charge in [0.15, 0.2) is 0 Å². The van der Waals surface area contributed by atoms with Crippen LogP contribution in [0.1, 0.15) is 18.7 Å². The molecule has 4 nitrogen and oxygen atoms in total. The van der Waals surface area contributed by atoms with Gasteiger partial charge in [0, 0.05) is 11.4 Å². The highest BCUT2D eigenvalue weighted by Crippen LogP contribution is 2.17. The molecule has 1 aromatic heterocycles. The van der Waals surface area contributed by atoms with Gasteiger partial charge in [-0.2, -0.15) is 0 Å². The van der Waals surface area contributed by atoms with Crippen LogP contribution in [0.5, 0.6) is 0 Å². The molecule has 1 fully saturated rings. The molecule has 0 saturated carbocycles. The predicted molar refractivity (Wildman–Crippen MR) is 71.4 cm³/mol. The van der Waals surface area contributed by atoms with Crippen LogP contribution in [0.15, 0.2) is 17.5 Å². The van der Waals surface area contributed by atoms with E-state index in [1.165, 1.54) is 4.88 Å². The van der Waals surface area contributed by atoms with Crippen LogP contribution < -0.4 is 5.32 Å². The van der Waals surface area contributed by atoms with Crippen LogP contribution in [-0.4, -0.2) is 35.8 Å². The topological polar surface area (TPSA) is 49.4 Å². The van der Waals surface area contributed by atoms with E-state index in [-0.39, 0.29) is 30.3 Å². The minimum Gasteiger partial charge on any atom is -0.345 e. The van der Waals surface area contributed by atoms with Crippen LogP contribution in [0.2, 0.25) is 0 Å². The maximum absolute atomic E-state index is 11.9. The van der Waals surface area contributed by atoms with Crippen molar-refractivity contribution < 1.29 is 9.59 Å². The normalized spacial score (nSPS) is 20.4. The molecule has 1 aliphatic heterocycles. The smallest absolute Gasteiger partial charge is 0.243 e. The minimum atomic E-state index is -0.328. The molecule has 1 saturated heterocycles. The van der Waals surface area contributed by atoms with E-state index in [4.69, 9.17) is 0 Å². The van der Waals surface area contributed by atoms with Gasteiger partial charge in [-0.1, -0.05) is 19.9 Å². The molecule has 1 aromatic rings. The summed E-state index contributed by atoms with van der Waals surface area (Å²) in [7, 11) is 0. The van der Waals surface area contributed by atoms with E-state index >= 15 is 0 Å². The summed E-state index contributed by atoms with van der Waals surface area (Å²) < 4.78 is 0. The highest BCUT2D eigenvalue weighted by molar-refractivity contribution is 7.09. The summed E-state index contributed by atoms with van der Waals surface area (Å²) in [6.07, 6.45) is 0.819. The highest BCUT2D eigenvalue weighted by Gasteiger charge is 2.35. The lowest BCUT2D eigenvalue weighted by atomic mass is 9.99. The van der Waals surface area contributed by atoms with Gasteiger partial charge in [0.25, 0.3) is 0 Å².